The SMILES string of the molecule is O=C(Nc1ccccc1C(=O)N/N=C\c1ccccc1OC(=O)c1ccc(Cl)cc1)c1ccc(Cl)cc1. The number of carbonyl (C=O) groups is 3. The second kappa shape index (κ2) is 12.0. The largest absolute Gasteiger partial charge is 0.422 e. The fourth-order valence-corrected chi connectivity index (χ4v) is 3.48. The topological polar surface area (TPSA) is 96.9 Å². The van der Waals surface area contributed by atoms with Crippen molar-refractivity contribution < 1.29 is 19.1 Å². The number of hydrogen-bond donors (Lipinski definition) is 2. The molecule has 2 amide bonds. The third-order valence-corrected chi connectivity index (χ3v) is 5.60. The number of ether oxygens (including phenoxy) is 1. The van der Waals surface area contributed by atoms with E-state index >= 15 is 0 Å². The van der Waals surface area contributed by atoms with Gasteiger partial charge in [-0.25, -0.2) is 10.2 Å². The van der Waals surface area contributed by atoms with Gasteiger partial charge in [0, 0.05) is 21.2 Å². The van der Waals surface area contributed by atoms with Crippen LogP contribution in [-0.2, 0) is 0 Å². The number of para-hydroxylation sites is 2. The minimum atomic E-state index is -0.563. The highest BCUT2D eigenvalue weighted by Crippen LogP contribution is 2.20. The molecule has 0 aliphatic rings. The first-order valence-corrected chi connectivity index (χ1v) is 11.7. The number of esters is 1. The van der Waals surface area contributed by atoms with Gasteiger partial charge in [-0.05, 0) is 72.8 Å². The van der Waals surface area contributed by atoms with E-state index in [2.05, 4.69) is 15.8 Å². The van der Waals surface area contributed by atoms with Gasteiger partial charge < -0.3 is 10.1 Å². The molecule has 0 aromatic heterocycles. The molecule has 0 saturated heterocycles. The Labute approximate surface area is 222 Å². The molecule has 0 atom stereocenters. The molecule has 0 aliphatic carbocycles. The number of carbonyl (C=O) groups excluding carboxylic acids is 3. The molecule has 9 heteroatoms. The Hall–Kier alpha value is -4.46. The van der Waals surface area contributed by atoms with Gasteiger partial charge in [-0.2, -0.15) is 5.10 Å². The van der Waals surface area contributed by atoms with E-state index in [9.17, 15) is 14.4 Å². The summed E-state index contributed by atoms with van der Waals surface area (Å²) in [4.78, 5) is 37.9. The van der Waals surface area contributed by atoms with Crippen LogP contribution in [0.1, 0.15) is 36.6 Å². The van der Waals surface area contributed by atoms with Crippen LogP contribution in [-0.4, -0.2) is 24.0 Å². The van der Waals surface area contributed by atoms with Crippen LogP contribution >= 0.6 is 23.2 Å². The Bertz CT molecular complexity index is 1470. The van der Waals surface area contributed by atoms with Gasteiger partial charge in [-0.1, -0.05) is 47.5 Å². The maximum Gasteiger partial charge on any atom is 0.343 e. The zero-order valence-electron chi connectivity index (χ0n) is 19.2. The Balaban J connectivity index is 1.44. The van der Waals surface area contributed by atoms with Crippen molar-refractivity contribution in [1.29, 1.82) is 0 Å². The monoisotopic (exact) mass is 531 g/mol. The Morgan fingerprint density at radius 1 is 0.703 bits per heavy atom. The minimum absolute atomic E-state index is 0.212. The summed E-state index contributed by atoms with van der Waals surface area (Å²) in [7, 11) is 0. The molecule has 0 spiro atoms. The van der Waals surface area contributed by atoms with Crippen molar-refractivity contribution in [2.24, 2.45) is 5.10 Å². The third-order valence-electron chi connectivity index (χ3n) is 5.10. The zero-order valence-corrected chi connectivity index (χ0v) is 20.7. The number of amides is 2. The molecule has 2 N–H and O–H groups in total. The number of halogens is 2. The average Bonchev–Trinajstić information content (AvgIpc) is 2.90. The minimum Gasteiger partial charge on any atom is -0.422 e. The summed E-state index contributed by atoms with van der Waals surface area (Å²) in [6.07, 6.45) is 1.36. The number of anilines is 1. The Morgan fingerprint density at radius 3 is 2.00 bits per heavy atom. The maximum absolute atomic E-state index is 12.8. The molecular weight excluding hydrogens is 513 g/mol. The van der Waals surface area contributed by atoms with Crippen LogP contribution < -0.4 is 15.5 Å². The number of nitrogens with one attached hydrogen (secondary N) is 2. The first kappa shape index (κ1) is 25.6. The van der Waals surface area contributed by atoms with E-state index < -0.39 is 17.8 Å². The highest BCUT2D eigenvalue weighted by atomic mass is 35.5. The molecule has 4 rings (SSSR count). The fraction of sp³-hybridized carbons (Fsp3) is 0. The number of benzene rings is 4. The fourth-order valence-electron chi connectivity index (χ4n) is 3.23. The number of rotatable bonds is 7. The first-order valence-electron chi connectivity index (χ1n) is 11.0. The molecular formula is C28H19Cl2N3O4. The Kier molecular flexibility index (Phi) is 8.30. The molecule has 4 aromatic rings. The lowest BCUT2D eigenvalue weighted by Gasteiger charge is -2.10. The van der Waals surface area contributed by atoms with Crippen LogP contribution in [0.15, 0.2) is 102 Å². The highest BCUT2D eigenvalue weighted by molar-refractivity contribution is 6.31. The van der Waals surface area contributed by atoms with Crippen LogP contribution in [0.25, 0.3) is 0 Å². The molecule has 37 heavy (non-hydrogen) atoms. The predicted molar refractivity (Wildman–Crippen MR) is 144 cm³/mol. The molecule has 0 radical (unpaired) electrons. The van der Waals surface area contributed by atoms with E-state index in [-0.39, 0.29) is 11.3 Å². The molecule has 4 aromatic carbocycles. The van der Waals surface area contributed by atoms with E-state index in [0.717, 1.165) is 0 Å². The maximum atomic E-state index is 12.8. The highest BCUT2D eigenvalue weighted by Gasteiger charge is 2.14. The summed E-state index contributed by atoms with van der Waals surface area (Å²) in [5, 5.41) is 7.74. The number of hydrogen-bond acceptors (Lipinski definition) is 5. The lowest BCUT2D eigenvalue weighted by molar-refractivity contribution is 0.0734. The van der Waals surface area contributed by atoms with E-state index in [1.54, 1.807) is 97.1 Å². The molecule has 7 nitrogen and oxygen atoms in total. The van der Waals surface area contributed by atoms with Crippen LogP contribution in [0.5, 0.6) is 5.75 Å². The number of nitrogens with zero attached hydrogens (tertiary/aromatic N) is 1. The summed E-state index contributed by atoms with van der Waals surface area (Å²) < 4.78 is 5.48. The van der Waals surface area contributed by atoms with Gasteiger partial charge in [0.25, 0.3) is 11.8 Å². The van der Waals surface area contributed by atoms with Gasteiger partial charge in [0.2, 0.25) is 0 Å². The lowest BCUT2D eigenvalue weighted by atomic mass is 10.1. The average molecular weight is 532 g/mol. The third kappa shape index (κ3) is 6.82. The second-order valence-corrected chi connectivity index (χ2v) is 8.51. The Morgan fingerprint density at radius 2 is 1.30 bits per heavy atom. The van der Waals surface area contributed by atoms with Crippen molar-refractivity contribution in [1.82, 2.24) is 5.43 Å². The molecule has 0 fully saturated rings. The van der Waals surface area contributed by atoms with Gasteiger partial charge in [0.1, 0.15) is 5.75 Å². The van der Waals surface area contributed by atoms with E-state index in [1.807, 2.05) is 0 Å². The summed E-state index contributed by atoms with van der Waals surface area (Å²) in [5.74, 6) is -1.24. The predicted octanol–water partition coefficient (Wildman–Crippen LogP) is 6.23. The van der Waals surface area contributed by atoms with Crippen LogP contribution in [0.2, 0.25) is 10.0 Å². The van der Waals surface area contributed by atoms with Crippen molar-refractivity contribution in [3.63, 3.8) is 0 Å². The molecule has 0 bridgehead atoms. The van der Waals surface area contributed by atoms with Crippen molar-refractivity contribution in [3.05, 3.63) is 129 Å². The number of hydrazone groups is 1. The van der Waals surface area contributed by atoms with Crippen molar-refractivity contribution in [3.8, 4) is 5.75 Å². The van der Waals surface area contributed by atoms with Gasteiger partial charge in [0.05, 0.1) is 23.0 Å². The quantitative estimate of drug-likeness (QED) is 0.128. The first-order chi connectivity index (χ1) is 17.9. The standard InChI is InChI=1S/C28H19Cl2N3O4/c29-21-13-9-18(10-14-21)26(34)32-24-7-3-2-6-23(24)27(35)33-31-17-20-5-1-4-8-25(20)37-28(36)19-11-15-22(30)16-12-19/h1-17H,(H,32,34)(H,33,35)/b31-17-. The van der Waals surface area contributed by atoms with Gasteiger partial charge >= 0.3 is 5.97 Å². The van der Waals surface area contributed by atoms with E-state index in [4.69, 9.17) is 27.9 Å². The van der Waals surface area contributed by atoms with Crippen LogP contribution in [0, 0.1) is 0 Å². The smallest absolute Gasteiger partial charge is 0.343 e. The van der Waals surface area contributed by atoms with Crippen molar-refractivity contribution >= 4 is 52.9 Å². The zero-order chi connectivity index (χ0) is 26.2. The van der Waals surface area contributed by atoms with E-state index in [1.165, 1.54) is 6.21 Å². The molecule has 0 heterocycles. The van der Waals surface area contributed by atoms with Gasteiger partial charge in [-0.15, -0.1) is 0 Å². The van der Waals surface area contributed by atoms with Crippen molar-refractivity contribution in [2.45, 2.75) is 0 Å². The molecule has 0 unspecified atom stereocenters. The van der Waals surface area contributed by atoms with Crippen LogP contribution in [0.3, 0.4) is 0 Å². The summed E-state index contributed by atoms with van der Waals surface area (Å²) >= 11 is 11.7. The van der Waals surface area contributed by atoms with E-state index in [0.29, 0.717) is 32.4 Å². The normalized spacial score (nSPS) is 10.6. The van der Waals surface area contributed by atoms with Gasteiger partial charge in [-0.3, -0.25) is 9.59 Å². The summed E-state index contributed by atoms with van der Waals surface area (Å²) in [6, 6.07) is 26.0. The molecule has 184 valence electrons. The second-order valence-electron chi connectivity index (χ2n) is 7.64. The van der Waals surface area contributed by atoms with Crippen molar-refractivity contribution in [2.75, 3.05) is 5.32 Å². The molecule has 0 saturated carbocycles. The molecule has 0 aliphatic heterocycles. The van der Waals surface area contributed by atoms with Gasteiger partial charge in [0.15, 0.2) is 0 Å². The summed E-state index contributed by atoms with van der Waals surface area (Å²) in [5.41, 5.74) is 4.15. The summed E-state index contributed by atoms with van der Waals surface area (Å²) in [6.45, 7) is 0. The lowest BCUT2D eigenvalue weighted by Crippen LogP contribution is -2.21. The van der Waals surface area contributed by atoms with Crippen LogP contribution in [0.4, 0.5) is 5.69 Å².